The largest absolute Gasteiger partial charge is 0.478 e. The van der Waals surface area contributed by atoms with Crippen LogP contribution in [0.3, 0.4) is 0 Å². The van der Waals surface area contributed by atoms with Gasteiger partial charge in [-0.05, 0) is 47.7 Å². The second kappa shape index (κ2) is 11.7. The van der Waals surface area contributed by atoms with Gasteiger partial charge >= 0.3 is 12.0 Å². The summed E-state index contributed by atoms with van der Waals surface area (Å²) < 4.78 is 2.17. The van der Waals surface area contributed by atoms with Crippen molar-refractivity contribution in [1.29, 1.82) is 0 Å². The number of aromatic carboxylic acids is 1. The zero-order chi connectivity index (χ0) is 26.4. The Labute approximate surface area is 216 Å². The summed E-state index contributed by atoms with van der Waals surface area (Å²) in [6.07, 6.45) is 4.66. The molecule has 2 aromatic heterocycles. The SMILES string of the molecule is CCCCc1nc2nc(N(CCCC)C(N)=O)ccc2n1Cc1ccc(-c2ccccc2C(=O)O)cc1. The Balaban J connectivity index is 1.67. The molecule has 0 saturated heterocycles. The Kier molecular flexibility index (Phi) is 8.18. The van der Waals surface area contributed by atoms with E-state index in [2.05, 4.69) is 18.4 Å². The Morgan fingerprint density at radius 3 is 2.35 bits per heavy atom. The van der Waals surface area contributed by atoms with Crippen LogP contribution < -0.4 is 10.6 Å². The van der Waals surface area contributed by atoms with Crippen LogP contribution >= 0.6 is 0 Å². The van der Waals surface area contributed by atoms with E-state index >= 15 is 0 Å². The van der Waals surface area contributed by atoms with Crippen LogP contribution in [0, 0.1) is 0 Å². The molecule has 4 rings (SSSR count). The van der Waals surface area contributed by atoms with E-state index in [1.165, 1.54) is 4.90 Å². The number of fused-ring (bicyclic) bond motifs is 1. The quantitative estimate of drug-likeness (QED) is 0.268. The van der Waals surface area contributed by atoms with Gasteiger partial charge in [0.1, 0.15) is 11.6 Å². The molecule has 0 saturated carbocycles. The van der Waals surface area contributed by atoms with Gasteiger partial charge in [0.25, 0.3) is 0 Å². The number of pyridine rings is 1. The molecule has 2 heterocycles. The van der Waals surface area contributed by atoms with E-state index in [0.717, 1.165) is 54.6 Å². The summed E-state index contributed by atoms with van der Waals surface area (Å²) in [5, 5.41) is 9.54. The Hall–Kier alpha value is -4.20. The van der Waals surface area contributed by atoms with Crippen LogP contribution in [-0.4, -0.2) is 38.2 Å². The zero-order valence-electron chi connectivity index (χ0n) is 21.4. The summed E-state index contributed by atoms with van der Waals surface area (Å²) in [6.45, 7) is 5.34. The van der Waals surface area contributed by atoms with E-state index < -0.39 is 12.0 Å². The Morgan fingerprint density at radius 1 is 0.946 bits per heavy atom. The fourth-order valence-corrected chi connectivity index (χ4v) is 4.45. The van der Waals surface area contributed by atoms with E-state index in [9.17, 15) is 14.7 Å². The van der Waals surface area contributed by atoms with Crippen molar-refractivity contribution in [2.24, 2.45) is 5.73 Å². The highest BCUT2D eigenvalue weighted by Crippen LogP contribution is 2.26. The Morgan fingerprint density at radius 2 is 1.68 bits per heavy atom. The van der Waals surface area contributed by atoms with Gasteiger partial charge in [-0.15, -0.1) is 0 Å². The zero-order valence-corrected chi connectivity index (χ0v) is 21.4. The summed E-state index contributed by atoms with van der Waals surface area (Å²) in [6, 6.07) is 18.2. The van der Waals surface area contributed by atoms with Gasteiger partial charge in [0, 0.05) is 19.5 Å². The molecule has 8 heteroatoms. The van der Waals surface area contributed by atoms with Crippen molar-refractivity contribution in [2.45, 2.75) is 52.5 Å². The number of primary amides is 1. The van der Waals surface area contributed by atoms with Crippen LogP contribution in [0.15, 0.2) is 60.7 Å². The Bertz CT molecular complexity index is 1390. The lowest BCUT2D eigenvalue weighted by Crippen LogP contribution is -2.37. The number of nitrogens with two attached hydrogens (primary N) is 1. The fraction of sp³-hybridized carbons (Fsp3) is 0.310. The molecule has 2 aromatic carbocycles. The van der Waals surface area contributed by atoms with Crippen LogP contribution in [0.25, 0.3) is 22.3 Å². The highest BCUT2D eigenvalue weighted by Gasteiger charge is 2.18. The van der Waals surface area contributed by atoms with E-state index in [4.69, 9.17) is 15.7 Å². The summed E-state index contributed by atoms with van der Waals surface area (Å²) >= 11 is 0. The minimum atomic E-state index is -0.943. The fourth-order valence-electron chi connectivity index (χ4n) is 4.45. The normalized spacial score (nSPS) is 11.1. The van der Waals surface area contributed by atoms with Crippen LogP contribution in [0.5, 0.6) is 0 Å². The number of aryl methyl sites for hydroxylation is 1. The lowest BCUT2D eigenvalue weighted by Gasteiger charge is -2.19. The maximum Gasteiger partial charge on any atom is 0.336 e. The van der Waals surface area contributed by atoms with Crippen LogP contribution in [0.2, 0.25) is 0 Å². The topological polar surface area (TPSA) is 114 Å². The summed E-state index contributed by atoms with van der Waals surface area (Å²) in [7, 11) is 0. The first-order valence-electron chi connectivity index (χ1n) is 12.8. The van der Waals surface area contributed by atoms with Gasteiger partial charge in [0.15, 0.2) is 5.65 Å². The number of nitrogens with zero attached hydrogens (tertiary/aromatic N) is 4. The number of carbonyl (C=O) groups is 2. The van der Waals surface area contributed by atoms with Gasteiger partial charge in [-0.25, -0.2) is 19.6 Å². The molecule has 0 aliphatic carbocycles. The second-order valence-electron chi connectivity index (χ2n) is 9.12. The molecule has 0 bridgehead atoms. The molecule has 0 atom stereocenters. The molecule has 0 fully saturated rings. The number of rotatable bonds is 11. The number of unbranched alkanes of at least 4 members (excludes halogenated alkanes) is 2. The van der Waals surface area contributed by atoms with Gasteiger partial charge in [0.2, 0.25) is 0 Å². The number of imidazole rings is 1. The van der Waals surface area contributed by atoms with Crippen molar-refractivity contribution in [3.63, 3.8) is 0 Å². The summed E-state index contributed by atoms with van der Waals surface area (Å²) in [5.41, 5.74) is 10.0. The first-order chi connectivity index (χ1) is 17.9. The van der Waals surface area contributed by atoms with Crippen molar-refractivity contribution in [1.82, 2.24) is 14.5 Å². The molecular weight excluding hydrogens is 466 g/mol. The monoisotopic (exact) mass is 499 g/mol. The number of amides is 2. The molecule has 8 nitrogen and oxygen atoms in total. The number of carboxylic acids is 1. The second-order valence-corrected chi connectivity index (χ2v) is 9.12. The van der Waals surface area contributed by atoms with Crippen LogP contribution in [0.1, 0.15) is 61.3 Å². The van der Waals surface area contributed by atoms with Crippen molar-refractivity contribution < 1.29 is 14.7 Å². The lowest BCUT2D eigenvalue weighted by molar-refractivity contribution is 0.0697. The molecule has 0 unspecified atom stereocenters. The lowest BCUT2D eigenvalue weighted by atomic mass is 9.99. The number of hydrogen-bond acceptors (Lipinski definition) is 4. The van der Waals surface area contributed by atoms with Gasteiger partial charge in [-0.3, -0.25) is 4.90 Å². The number of anilines is 1. The summed E-state index contributed by atoms with van der Waals surface area (Å²) in [4.78, 5) is 34.7. The van der Waals surface area contributed by atoms with E-state index in [1.54, 1.807) is 12.1 Å². The van der Waals surface area contributed by atoms with Gasteiger partial charge < -0.3 is 15.4 Å². The molecule has 0 spiro atoms. The number of carboxylic acid groups (broad SMARTS) is 1. The minimum Gasteiger partial charge on any atom is -0.478 e. The standard InChI is InChI=1S/C29H33N5O3/c1-3-5-11-25-31-27-24(16-17-26(32-27)33(29(30)37)18-6-4-2)34(25)19-20-12-14-21(15-13-20)22-9-7-8-10-23(22)28(35)36/h7-10,12-17H,3-6,11,18-19H2,1-2H3,(H2,30,37)(H,35,36). The molecule has 4 aromatic rings. The van der Waals surface area contributed by atoms with Gasteiger partial charge in [-0.2, -0.15) is 0 Å². The highest BCUT2D eigenvalue weighted by atomic mass is 16.4. The highest BCUT2D eigenvalue weighted by molar-refractivity contribution is 5.96. The average Bonchev–Trinajstić information content (AvgIpc) is 3.24. The average molecular weight is 500 g/mol. The van der Waals surface area contributed by atoms with E-state index in [-0.39, 0.29) is 5.56 Å². The van der Waals surface area contributed by atoms with E-state index in [0.29, 0.717) is 30.1 Å². The molecule has 2 amide bonds. The molecule has 0 radical (unpaired) electrons. The third-order valence-corrected chi connectivity index (χ3v) is 6.47. The predicted octanol–water partition coefficient (Wildman–Crippen LogP) is 5.87. The van der Waals surface area contributed by atoms with Crippen molar-refractivity contribution in [3.8, 4) is 11.1 Å². The van der Waals surface area contributed by atoms with Crippen molar-refractivity contribution in [2.75, 3.05) is 11.4 Å². The predicted molar refractivity (Wildman–Crippen MR) is 146 cm³/mol. The number of aromatic nitrogens is 3. The maximum absolute atomic E-state index is 12.0. The van der Waals surface area contributed by atoms with Crippen LogP contribution in [0.4, 0.5) is 10.6 Å². The third kappa shape index (κ3) is 5.80. The maximum atomic E-state index is 12.0. The summed E-state index contributed by atoms with van der Waals surface area (Å²) in [5.74, 6) is 0.518. The number of urea groups is 1. The smallest absolute Gasteiger partial charge is 0.336 e. The van der Waals surface area contributed by atoms with E-state index in [1.807, 2.05) is 48.5 Å². The third-order valence-electron chi connectivity index (χ3n) is 6.47. The number of carbonyl (C=O) groups excluding carboxylic acids is 1. The molecule has 192 valence electrons. The number of hydrogen-bond donors (Lipinski definition) is 2. The first kappa shape index (κ1) is 25.9. The molecular formula is C29H33N5O3. The number of benzene rings is 2. The van der Waals surface area contributed by atoms with Gasteiger partial charge in [-0.1, -0.05) is 69.2 Å². The molecule has 3 N–H and O–H groups in total. The van der Waals surface area contributed by atoms with Crippen LogP contribution in [-0.2, 0) is 13.0 Å². The van der Waals surface area contributed by atoms with Crippen molar-refractivity contribution >= 4 is 29.0 Å². The first-order valence-corrected chi connectivity index (χ1v) is 12.8. The molecule has 0 aliphatic rings. The van der Waals surface area contributed by atoms with Crippen molar-refractivity contribution in [3.05, 3.63) is 77.6 Å². The van der Waals surface area contributed by atoms with Gasteiger partial charge in [0.05, 0.1) is 11.1 Å². The molecule has 37 heavy (non-hydrogen) atoms. The molecule has 0 aliphatic heterocycles. The minimum absolute atomic E-state index is 0.281.